The van der Waals surface area contributed by atoms with Crippen LogP contribution in [0.2, 0.25) is 0 Å². The molecule has 0 radical (unpaired) electrons. The van der Waals surface area contributed by atoms with Gasteiger partial charge in [0.2, 0.25) is 12.6 Å². The first-order valence-electron chi connectivity index (χ1n) is 13.5. The Bertz CT molecular complexity index is 1230. The molecule has 1 aliphatic heterocycles. The molecular weight excluding hydrogens is 516 g/mol. The Morgan fingerprint density at radius 1 is 1.07 bits per heavy atom. The Morgan fingerprint density at radius 3 is 2.33 bits per heavy atom. The van der Waals surface area contributed by atoms with Gasteiger partial charge in [-0.3, -0.25) is 14.3 Å². The summed E-state index contributed by atoms with van der Waals surface area (Å²) in [6.07, 6.45) is 2.62. The molecule has 0 bridgehead atoms. The number of ether oxygens (including phenoxy) is 4. The van der Waals surface area contributed by atoms with Crippen LogP contribution in [0, 0.1) is 22.7 Å². The molecule has 1 saturated carbocycles. The summed E-state index contributed by atoms with van der Waals surface area (Å²) < 4.78 is 23.2. The van der Waals surface area contributed by atoms with E-state index in [0.29, 0.717) is 24.8 Å². The van der Waals surface area contributed by atoms with Crippen molar-refractivity contribution in [3.05, 3.63) is 65.8 Å². The number of phenolic OH excluding ortho intramolecular Hbond substituents is 1. The number of hydrogen-bond donors (Lipinski definition) is 2. The molecule has 2 aliphatic carbocycles. The van der Waals surface area contributed by atoms with Gasteiger partial charge in [0.05, 0.1) is 17.1 Å². The second-order valence-electron chi connectivity index (χ2n) is 11.4. The van der Waals surface area contributed by atoms with Crippen LogP contribution in [0.4, 0.5) is 0 Å². The summed E-state index contributed by atoms with van der Waals surface area (Å²) in [5.74, 6) is -2.18. The Morgan fingerprint density at radius 2 is 1.73 bits per heavy atom. The standard InChI is InChI=1S/C31H38O9/c1-7-17(2)12-13-30(6)18(3)14-26(35)31-24(28(37-19(4)32)40-29(31)38-20(5)33)15-23(16-25(30)31)39-27(36)21-8-10-22(34)11-9-21/h7-12,15,18,23,25-26,28-29,34-35H,1,13-14,16H2,2-6H3/b17-12+/t18-,23+,25+,26+,28+,29-,30-,31-/m1/s1. The summed E-state index contributed by atoms with van der Waals surface area (Å²) in [6.45, 7) is 12.5. The van der Waals surface area contributed by atoms with Crippen LogP contribution in [0.3, 0.4) is 0 Å². The van der Waals surface area contributed by atoms with Crippen molar-refractivity contribution in [2.45, 2.75) is 78.7 Å². The molecule has 2 fully saturated rings. The molecule has 1 aromatic rings. The van der Waals surface area contributed by atoms with Crippen molar-refractivity contribution in [3.8, 4) is 5.75 Å². The van der Waals surface area contributed by atoms with E-state index in [9.17, 15) is 24.6 Å². The van der Waals surface area contributed by atoms with E-state index < -0.39 is 59.4 Å². The van der Waals surface area contributed by atoms with E-state index in [2.05, 4.69) is 26.5 Å². The molecule has 1 heterocycles. The third-order valence-electron chi connectivity index (χ3n) is 8.94. The largest absolute Gasteiger partial charge is 0.508 e. The van der Waals surface area contributed by atoms with Crippen molar-refractivity contribution in [2.24, 2.45) is 22.7 Å². The van der Waals surface area contributed by atoms with E-state index >= 15 is 0 Å². The van der Waals surface area contributed by atoms with E-state index in [-0.39, 0.29) is 17.2 Å². The number of aliphatic hydroxyl groups is 1. The van der Waals surface area contributed by atoms with Crippen molar-refractivity contribution in [2.75, 3.05) is 0 Å². The second kappa shape index (κ2) is 11.2. The highest BCUT2D eigenvalue weighted by molar-refractivity contribution is 5.89. The molecule has 0 unspecified atom stereocenters. The summed E-state index contributed by atoms with van der Waals surface area (Å²) in [5.41, 5.74) is -0.0330. The summed E-state index contributed by atoms with van der Waals surface area (Å²) in [6, 6.07) is 5.73. The minimum absolute atomic E-state index is 0.0190. The van der Waals surface area contributed by atoms with Crippen LogP contribution in [-0.2, 0) is 28.5 Å². The highest BCUT2D eigenvalue weighted by Crippen LogP contribution is 2.67. The third kappa shape index (κ3) is 5.20. The minimum Gasteiger partial charge on any atom is -0.508 e. The molecule has 1 saturated heterocycles. The van der Waals surface area contributed by atoms with Crippen LogP contribution in [-0.4, -0.2) is 52.9 Å². The number of aliphatic hydroxyl groups excluding tert-OH is 1. The number of hydrogen-bond acceptors (Lipinski definition) is 9. The quantitative estimate of drug-likeness (QED) is 0.215. The minimum atomic E-state index is -1.24. The van der Waals surface area contributed by atoms with Crippen molar-refractivity contribution >= 4 is 17.9 Å². The fourth-order valence-electron chi connectivity index (χ4n) is 6.67. The lowest BCUT2D eigenvalue weighted by Gasteiger charge is -2.60. The molecule has 9 nitrogen and oxygen atoms in total. The molecule has 0 aromatic heterocycles. The van der Waals surface area contributed by atoms with Gasteiger partial charge >= 0.3 is 17.9 Å². The third-order valence-corrected chi connectivity index (χ3v) is 8.94. The maximum atomic E-state index is 13.1. The number of benzene rings is 1. The average molecular weight is 555 g/mol. The van der Waals surface area contributed by atoms with Gasteiger partial charge in [-0.1, -0.05) is 38.2 Å². The number of rotatable bonds is 7. The first-order valence-corrected chi connectivity index (χ1v) is 13.5. The van der Waals surface area contributed by atoms with Crippen molar-refractivity contribution in [3.63, 3.8) is 0 Å². The number of phenols is 1. The van der Waals surface area contributed by atoms with Gasteiger partial charge in [0, 0.05) is 19.4 Å². The van der Waals surface area contributed by atoms with Gasteiger partial charge in [0.15, 0.2) is 0 Å². The zero-order valence-electron chi connectivity index (χ0n) is 23.6. The van der Waals surface area contributed by atoms with E-state index in [1.165, 1.54) is 38.1 Å². The first kappa shape index (κ1) is 29.6. The highest BCUT2D eigenvalue weighted by atomic mass is 16.8. The fraction of sp³-hybridized carbons (Fsp3) is 0.516. The normalized spacial score (nSPS) is 35.0. The second-order valence-corrected chi connectivity index (χ2v) is 11.4. The van der Waals surface area contributed by atoms with E-state index in [1.807, 2.05) is 6.92 Å². The molecule has 1 aromatic carbocycles. The number of allylic oxidation sites excluding steroid dienone is 3. The number of carbonyl (C=O) groups is 3. The lowest BCUT2D eigenvalue weighted by molar-refractivity contribution is -0.253. The van der Waals surface area contributed by atoms with Gasteiger partial charge in [0.1, 0.15) is 11.9 Å². The molecular formula is C31H38O9. The molecule has 216 valence electrons. The smallest absolute Gasteiger partial charge is 0.338 e. The molecule has 3 aliphatic rings. The van der Waals surface area contributed by atoms with E-state index in [1.54, 1.807) is 12.2 Å². The first-order chi connectivity index (χ1) is 18.8. The monoisotopic (exact) mass is 554 g/mol. The highest BCUT2D eigenvalue weighted by Gasteiger charge is 2.71. The van der Waals surface area contributed by atoms with Gasteiger partial charge in [-0.25, -0.2) is 4.79 Å². The maximum absolute atomic E-state index is 13.1. The van der Waals surface area contributed by atoms with Crippen molar-refractivity contribution in [1.29, 1.82) is 0 Å². The van der Waals surface area contributed by atoms with Crippen LogP contribution in [0.15, 0.2) is 60.2 Å². The molecule has 9 heteroatoms. The number of aromatic hydroxyl groups is 1. The molecule has 4 rings (SSSR count). The van der Waals surface area contributed by atoms with Gasteiger partial charge in [-0.2, -0.15) is 0 Å². The van der Waals surface area contributed by atoms with Crippen LogP contribution in [0.5, 0.6) is 5.75 Å². The van der Waals surface area contributed by atoms with Crippen molar-refractivity contribution < 1.29 is 43.5 Å². The Hall–Kier alpha value is -3.43. The lowest BCUT2D eigenvalue weighted by Crippen LogP contribution is -2.63. The molecule has 8 atom stereocenters. The van der Waals surface area contributed by atoms with Crippen LogP contribution < -0.4 is 0 Å². The van der Waals surface area contributed by atoms with Crippen LogP contribution >= 0.6 is 0 Å². The zero-order valence-corrected chi connectivity index (χ0v) is 23.6. The van der Waals surface area contributed by atoms with E-state index in [4.69, 9.17) is 18.9 Å². The van der Waals surface area contributed by atoms with Gasteiger partial charge in [-0.05, 0) is 73.8 Å². The van der Waals surface area contributed by atoms with Gasteiger partial charge < -0.3 is 24.4 Å². The van der Waals surface area contributed by atoms with Crippen molar-refractivity contribution in [1.82, 2.24) is 0 Å². The molecule has 40 heavy (non-hydrogen) atoms. The topological polar surface area (TPSA) is 129 Å². The summed E-state index contributed by atoms with van der Waals surface area (Å²) >= 11 is 0. The Kier molecular flexibility index (Phi) is 8.28. The van der Waals surface area contributed by atoms with Crippen LogP contribution in [0.25, 0.3) is 0 Å². The fourth-order valence-corrected chi connectivity index (χ4v) is 6.67. The number of esters is 3. The molecule has 1 spiro atoms. The Labute approximate surface area is 234 Å². The van der Waals surface area contributed by atoms with Gasteiger partial charge in [0.25, 0.3) is 0 Å². The summed E-state index contributed by atoms with van der Waals surface area (Å²) in [7, 11) is 0. The van der Waals surface area contributed by atoms with E-state index in [0.717, 1.165) is 5.57 Å². The lowest BCUT2D eigenvalue weighted by atomic mass is 9.45. The summed E-state index contributed by atoms with van der Waals surface area (Å²) in [4.78, 5) is 37.4. The SMILES string of the molecule is C=C/C(C)=C/C[C@]1(C)[C@H](C)C[C@H](O)[C@@]23C(=C[C@H](OC(=O)c4ccc(O)cc4)C[C@@H]12)[C@@H](OC(C)=O)O[C@H]3OC(C)=O. The predicted molar refractivity (Wildman–Crippen MR) is 145 cm³/mol. The molecule has 2 N–H and O–H groups in total. The maximum Gasteiger partial charge on any atom is 0.338 e. The molecule has 0 amide bonds. The zero-order chi connectivity index (χ0) is 29.4. The Balaban J connectivity index is 1.86. The average Bonchev–Trinajstić information content (AvgIpc) is 3.18. The number of carbonyl (C=O) groups excluding carboxylic acids is 3. The van der Waals surface area contributed by atoms with Gasteiger partial charge in [-0.15, -0.1) is 0 Å². The summed E-state index contributed by atoms with van der Waals surface area (Å²) in [5, 5.41) is 21.4. The van der Waals surface area contributed by atoms with Crippen LogP contribution in [0.1, 0.15) is 64.2 Å². The predicted octanol–water partition coefficient (Wildman–Crippen LogP) is 4.59.